The van der Waals surface area contributed by atoms with Gasteiger partial charge in [-0.2, -0.15) is 5.10 Å². The van der Waals surface area contributed by atoms with Gasteiger partial charge >= 0.3 is 5.97 Å². The van der Waals surface area contributed by atoms with Crippen molar-refractivity contribution in [2.45, 2.75) is 19.4 Å². The van der Waals surface area contributed by atoms with Crippen molar-refractivity contribution in [3.8, 4) is 11.1 Å². The molecule has 8 heteroatoms. The molecule has 0 saturated carbocycles. The van der Waals surface area contributed by atoms with E-state index >= 15 is 0 Å². The van der Waals surface area contributed by atoms with E-state index in [-0.39, 0.29) is 18.4 Å². The molecular formula is C21H21Cl2N3O3. The van der Waals surface area contributed by atoms with Crippen LogP contribution in [0, 0.1) is 0 Å². The van der Waals surface area contributed by atoms with Crippen LogP contribution in [-0.4, -0.2) is 39.7 Å². The fraction of sp³-hybridized carbons (Fsp3) is 0.286. The van der Waals surface area contributed by atoms with Gasteiger partial charge in [-0.3, -0.25) is 14.3 Å². The Kier molecular flexibility index (Phi) is 6.15. The quantitative estimate of drug-likeness (QED) is 0.467. The molecule has 3 rings (SSSR count). The third-order valence-electron chi connectivity index (χ3n) is 4.40. The highest BCUT2D eigenvalue weighted by Crippen LogP contribution is 2.27. The molecule has 3 aromatic rings. The van der Waals surface area contributed by atoms with Gasteiger partial charge in [0.1, 0.15) is 12.5 Å². The van der Waals surface area contributed by atoms with Gasteiger partial charge in [0.05, 0.1) is 11.1 Å². The van der Waals surface area contributed by atoms with Crippen LogP contribution in [0.25, 0.3) is 22.0 Å². The van der Waals surface area contributed by atoms with Crippen molar-refractivity contribution in [1.29, 1.82) is 0 Å². The Hall–Kier alpha value is -2.57. The number of aryl methyl sites for hydroxylation is 1. The van der Waals surface area contributed by atoms with Crippen molar-refractivity contribution < 1.29 is 14.3 Å². The van der Waals surface area contributed by atoms with E-state index in [0.29, 0.717) is 10.7 Å². The summed E-state index contributed by atoms with van der Waals surface area (Å²) in [7, 11) is 1.79. The molecule has 1 aromatic heterocycles. The number of halogens is 2. The van der Waals surface area contributed by atoms with Crippen molar-refractivity contribution >= 4 is 46.0 Å². The Bertz CT molecular complexity index is 1060. The third-order valence-corrected chi connectivity index (χ3v) is 4.87. The number of fused-ring (bicyclic) bond motifs is 1. The summed E-state index contributed by atoms with van der Waals surface area (Å²) in [6.07, 6.45) is 0. The fourth-order valence-electron chi connectivity index (χ4n) is 2.95. The van der Waals surface area contributed by atoms with Gasteiger partial charge in [0.25, 0.3) is 5.91 Å². The zero-order valence-corrected chi connectivity index (χ0v) is 17.8. The number of aromatic nitrogens is 2. The van der Waals surface area contributed by atoms with E-state index in [0.717, 1.165) is 22.0 Å². The minimum absolute atomic E-state index is 0.00970. The van der Waals surface area contributed by atoms with Crippen LogP contribution in [0.4, 0.5) is 0 Å². The van der Waals surface area contributed by atoms with Crippen molar-refractivity contribution in [2.24, 2.45) is 7.05 Å². The molecule has 0 unspecified atom stereocenters. The number of benzene rings is 2. The predicted molar refractivity (Wildman–Crippen MR) is 114 cm³/mol. The van der Waals surface area contributed by atoms with Gasteiger partial charge in [0.15, 0.2) is 5.69 Å². The second-order valence-corrected chi connectivity index (χ2v) is 8.05. The lowest BCUT2D eigenvalue weighted by Gasteiger charge is -2.25. The van der Waals surface area contributed by atoms with Crippen molar-refractivity contribution in [3.05, 3.63) is 53.2 Å². The normalized spacial score (nSPS) is 11.5. The first kappa shape index (κ1) is 21.1. The number of nitrogens with zero attached hydrogens (tertiary/aromatic N) is 2. The lowest BCUT2D eigenvalue weighted by atomic mass is 10.0. The summed E-state index contributed by atoms with van der Waals surface area (Å²) in [5, 5.41) is 8.66. The van der Waals surface area contributed by atoms with E-state index in [1.54, 1.807) is 25.6 Å². The number of carbonyl (C=O) groups excluding carboxylic acids is 2. The monoisotopic (exact) mass is 433 g/mol. The first-order valence-corrected chi connectivity index (χ1v) is 9.88. The van der Waals surface area contributed by atoms with Crippen molar-refractivity contribution in [3.63, 3.8) is 0 Å². The number of amides is 1. The van der Waals surface area contributed by atoms with Crippen LogP contribution in [0.15, 0.2) is 42.5 Å². The van der Waals surface area contributed by atoms with E-state index in [1.807, 2.05) is 42.5 Å². The molecule has 152 valence electrons. The lowest BCUT2D eigenvalue weighted by molar-refractivity contribution is -0.142. The summed E-state index contributed by atoms with van der Waals surface area (Å²) in [6.45, 7) is 3.53. The summed E-state index contributed by atoms with van der Waals surface area (Å²) in [5.41, 5.74) is 2.38. The van der Waals surface area contributed by atoms with Gasteiger partial charge < -0.3 is 10.1 Å². The maximum atomic E-state index is 12.8. The second kappa shape index (κ2) is 8.43. The van der Waals surface area contributed by atoms with Crippen LogP contribution in [-0.2, 0) is 16.6 Å². The van der Waals surface area contributed by atoms with Gasteiger partial charge in [-0.05, 0) is 49.2 Å². The number of hydrogen-bond donors (Lipinski definition) is 1. The molecule has 6 nitrogen and oxygen atoms in total. The van der Waals surface area contributed by atoms with Crippen molar-refractivity contribution in [2.75, 3.05) is 12.5 Å². The Morgan fingerprint density at radius 2 is 1.79 bits per heavy atom. The zero-order valence-electron chi connectivity index (χ0n) is 16.3. The molecule has 1 amide bonds. The molecule has 0 atom stereocenters. The van der Waals surface area contributed by atoms with Crippen LogP contribution in [0.2, 0.25) is 5.02 Å². The van der Waals surface area contributed by atoms with E-state index in [4.69, 9.17) is 27.9 Å². The van der Waals surface area contributed by atoms with Crippen LogP contribution in [0.3, 0.4) is 0 Å². The molecule has 0 radical (unpaired) electrons. The van der Waals surface area contributed by atoms with E-state index in [9.17, 15) is 9.59 Å². The number of ether oxygens (including phenoxy) is 1. The molecule has 0 spiro atoms. The highest BCUT2D eigenvalue weighted by molar-refractivity contribution is 6.30. The number of hydrogen-bond acceptors (Lipinski definition) is 4. The third kappa shape index (κ3) is 4.89. The molecule has 0 bridgehead atoms. The number of nitrogens with one attached hydrogen (secondary N) is 1. The van der Waals surface area contributed by atoms with Crippen molar-refractivity contribution in [1.82, 2.24) is 15.1 Å². The molecule has 0 aliphatic rings. The Morgan fingerprint density at radius 3 is 2.45 bits per heavy atom. The predicted octanol–water partition coefficient (Wildman–Crippen LogP) is 4.18. The number of esters is 1. The Balaban J connectivity index is 1.85. The van der Waals surface area contributed by atoms with Crippen LogP contribution < -0.4 is 5.32 Å². The number of alkyl halides is 1. The molecule has 0 aliphatic heterocycles. The lowest BCUT2D eigenvalue weighted by Crippen LogP contribution is -2.47. The summed E-state index contributed by atoms with van der Waals surface area (Å²) >= 11 is 11.4. The van der Waals surface area contributed by atoms with Crippen LogP contribution in [0.5, 0.6) is 0 Å². The number of carbonyl (C=O) groups is 2. The van der Waals surface area contributed by atoms with E-state index in [1.165, 1.54) is 0 Å². The molecule has 29 heavy (non-hydrogen) atoms. The number of rotatable bonds is 6. The van der Waals surface area contributed by atoms with Gasteiger partial charge in [0.2, 0.25) is 0 Å². The summed E-state index contributed by atoms with van der Waals surface area (Å²) in [6, 6.07) is 13.4. The van der Waals surface area contributed by atoms with Gasteiger partial charge in [0, 0.05) is 17.5 Å². The van der Waals surface area contributed by atoms with Crippen LogP contribution in [0.1, 0.15) is 24.3 Å². The highest BCUT2D eigenvalue weighted by atomic mass is 35.5. The molecular weight excluding hydrogens is 413 g/mol. The summed E-state index contributed by atoms with van der Waals surface area (Å²) in [5.74, 6) is -1.11. The average Bonchev–Trinajstić information content (AvgIpc) is 3.03. The van der Waals surface area contributed by atoms with Gasteiger partial charge in [-0.15, -0.1) is 11.6 Å². The second-order valence-electron chi connectivity index (χ2n) is 7.34. The molecule has 0 fully saturated rings. The Morgan fingerprint density at radius 1 is 1.14 bits per heavy atom. The minimum atomic E-state index is -0.772. The summed E-state index contributed by atoms with van der Waals surface area (Å²) < 4.78 is 6.71. The molecule has 0 aliphatic carbocycles. The molecule has 2 aromatic carbocycles. The largest absolute Gasteiger partial charge is 0.462 e. The smallest absolute Gasteiger partial charge is 0.320 e. The molecule has 0 saturated heterocycles. The maximum absolute atomic E-state index is 12.8. The minimum Gasteiger partial charge on any atom is -0.462 e. The first-order valence-electron chi connectivity index (χ1n) is 8.97. The topological polar surface area (TPSA) is 73.2 Å². The fourth-order valence-corrected chi connectivity index (χ4v) is 3.15. The van der Waals surface area contributed by atoms with E-state index < -0.39 is 11.5 Å². The van der Waals surface area contributed by atoms with Gasteiger partial charge in [-0.25, -0.2) is 0 Å². The standard InChI is InChI=1S/C21H21Cl2N3O3/c1-21(2,12-29-18(27)11-22)24-20(28)19-16-9-6-14(10-17(16)26(3)25-19)13-4-7-15(23)8-5-13/h4-10H,11-12H2,1-3H3,(H,24,28). The Labute approximate surface area is 178 Å². The van der Waals surface area contributed by atoms with Crippen LogP contribution >= 0.6 is 23.2 Å². The average molecular weight is 434 g/mol. The SMILES string of the molecule is Cn1nc(C(=O)NC(C)(C)COC(=O)CCl)c2ccc(-c3ccc(Cl)cc3)cc21. The zero-order chi connectivity index (χ0) is 21.2. The van der Waals surface area contributed by atoms with Gasteiger partial charge in [-0.1, -0.05) is 29.8 Å². The highest BCUT2D eigenvalue weighted by Gasteiger charge is 2.26. The summed E-state index contributed by atoms with van der Waals surface area (Å²) in [4.78, 5) is 24.1. The maximum Gasteiger partial charge on any atom is 0.320 e. The first-order chi connectivity index (χ1) is 13.7. The molecule has 1 heterocycles. The van der Waals surface area contributed by atoms with E-state index in [2.05, 4.69) is 10.4 Å². The molecule has 1 N–H and O–H groups in total.